The zero-order valence-corrected chi connectivity index (χ0v) is 14.5. The van der Waals surface area contributed by atoms with Crippen molar-refractivity contribution >= 4 is 5.91 Å². The van der Waals surface area contributed by atoms with E-state index in [1.807, 2.05) is 30.3 Å². The van der Waals surface area contributed by atoms with E-state index in [0.717, 1.165) is 11.6 Å². The number of aromatic nitrogens is 2. The molecule has 0 saturated carbocycles. The zero-order chi connectivity index (χ0) is 20.1. The third kappa shape index (κ3) is 4.52. The standard InChI is InChI=1S/C20H16F3N3O2/c21-20(22,23)16-9-5-4-8-15(16)17(27)12-26-19(28)14-10-24-18(25-11-14)13-6-2-1-3-7-13/h1-11,17,27H,12H2,(H,26,28). The number of halogens is 3. The maximum atomic E-state index is 13.0. The molecule has 28 heavy (non-hydrogen) atoms. The van der Waals surface area contributed by atoms with Crippen molar-refractivity contribution in [3.8, 4) is 11.4 Å². The highest BCUT2D eigenvalue weighted by Crippen LogP contribution is 2.34. The number of hydrogen-bond donors (Lipinski definition) is 2. The van der Waals surface area contributed by atoms with Crippen LogP contribution in [0, 0.1) is 0 Å². The van der Waals surface area contributed by atoms with Crippen molar-refractivity contribution < 1.29 is 23.1 Å². The van der Waals surface area contributed by atoms with Gasteiger partial charge in [-0.2, -0.15) is 13.2 Å². The lowest BCUT2D eigenvalue weighted by Crippen LogP contribution is -2.29. The molecule has 0 fully saturated rings. The van der Waals surface area contributed by atoms with Gasteiger partial charge >= 0.3 is 6.18 Å². The molecule has 1 aromatic heterocycles. The molecule has 1 atom stereocenters. The molecule has 3 aromatic rings. The van der Waals surface area contributed by atoms with Crippen LogP contribution in [0.4, 0.5) is 13.2 Å². The van der Waals surface area contributed by atoms with E-state index < -0.39 is 23.8 Å². The Hall–Kier alpha value is -3.26. The van der Waals surface area contributed by atoms with Crippen LogP contribution in [0.3, 0.4) is 0 Å². The molecule has 0 saturated heterocycles. The Balaban J connectivity index is 1.66. The van der Waals surface area contributed by atoms with Gasteiger partial charge in [-0.1, -0.05) is 48.5 Å². The average Bonchev–Trinajstić information content (AvgIpc) is 2.72. The number of benzene rings is 2. The lowest BCUT2D eigenvalue weighted by atomic mass is 10.0. The molecule has 3 rings (SSSR count). The summed E-state index contributed by atoms with van der Waals surface area (Å²) in [5, 5.41) is 12.5. The number of rotatable bonds is 5. The van der Waals surface area contributed by atoms with Crippen molar-refractivity contribution in [1.29, 1.82) is 0 Å². The van der Waals surface area contributed by atoms with E-state index in [2.05, 4.69) is 15.3 Å². The number of aliphatic hydroxyl groups is 1. The van der Waals surface area contributed by atoms with Gasteiger partial charge in [-0.05, 0) is 11.6 Å². The smallest absolute Gasteiger partial charge is 0.387 e. The molecule has 1 amide bonds. The van der Waals surface area contributed by atoms with E-state index in [9.17, 15) is 23.1 Å². The van der Waals surface area contributed by atoms with Gasteiger partial charge in [0.15, 0.2) is 5.82 Å². The van der Waals surface area contributed by atoms with Gasteiger partial charge < -0.3 is 10.4 Å². The molecule has 0 aliphatic rings. The van der Waals surface area contributed by atoms with Crippen LogP contribution >= 0.6 is 0 Å². The van der Waals surface area contributed by atoms with E-state index >= 15 is 0 Å². The van der Waals surface area contributed by atoms with E-state index in [4.69, 9.17) is 0 Å². The number of amides is 1. The molecule has 2 N–H and O–H groups in total. The third-order valence-corrected chi connectivity index (χ3v) is 4.03. The Bertz CT molecular complexity index is 945. The maximum Gasteiger partial charge on any atom is 0.416 e. The first-order chi connectivity index (χ1) is 13.4. The van der Waals surface area contributed by atoms with Crippen molar-refractivity contribution in [2.45, 2.75) is 12.3 Å². The number of alkyl halides is 3. The molecule has 2 aromatic carbocycles. The van der Waals surface area contributed by atoms with Gasteiger partial charge in [0.05, 0.1) is 17.2 Å². The van der Waals surface area contributed by atoms with Gasteiger partial charge in [0.2, 0.25) is 0 Å². The maximum absolute atomic E-state index is 13.0. The fourth-order valence-electron chi connectivity index (χ4n) is 2.63. The summed E-state index contributed by atoms with van der Waals surface area (Å²) >= 11 is 0. The molecule has 1 unspecified atom stereocenters. The number of carbonyl (C=O) groups is 1. The Kier molecular flexibility index (Phi) is 5.70. The summed E-state index contributed by atoms with van der Waals surface area (Å²) in [5.74, 6) is -0.153. The number of carbonyl (C=O) groups excluding carboxylic acids is 1. The first-order valence-electron chi connectivity index (χ1n) is 8.36. The highest BCUT2D eigenvalue weighted by molar-refractivity contribution is 5.93. The summed E-state index contributed by atoms with van der Waals surface area (Å²) in [6.45, 7) is -0.383. The molecule has 0 spiro atoms. The normalized spacial score (nSPS) is 12.4. The van der Waals surface area contributed by atoms with E-state index in [-0.39, 0.29) is 17.7 Å². The van der Waals surface area contributed by atoms with Crippen molar-refractivity contribution in [3.05, 3.63) is 83.7 Å². The molecular weight excluding hydrogens is 371 g/mol. The topological polar surface area (TPSA) is 75.1 Å². The van der Waals surface area contributed by atoms with Gasteiger partial charge in [0, 0.05) is 24.5 Å². The van der Waals surface area contributed by atoms with Crippen LogP contribution in [0.2, 0.25) is 0 Å². The lowest BCUT2D eigenvalue weighted by molar-refractivity contribution is -0.139. The molecule has 5 nitrogen and oxygen atoms in total. The predicted octanol–water partition coefficient (Wildman–Crippen LogP) is 3.63. The summed E-state index contributed by atoms with van der Waals surface area (Å²) in [7, 11) is 0. The van der Waals surface area contributed by atoms with Crippen molar-refractivity contribution in [2.24, 2.45) is 0 Å². The Morgan fingerprint density at radius 1 is 1.00 bits per heavy atom. The van der Waals surface area contributed by atoms with Crippen LogP contribution in [-0.4, -0.2) is 27.5 Å². The fraction of sp³-hybridized carbons (Fsp3) is 0.150. The minimum atomic E-state index is -4.59. The third-order valence-electron chi connectivity index (χ3n) is 4.03. The second-order valence-electron chi connectivity index (χ2n) is 5.97. The largest absolute Gasteiger partial charge is 0.416 e. The highest BCUT2D eigenvalue weighted by Gasteiger charge is 2.34. The van der Waals surface area contributed by atoms with Gasteiger partial charge in [-0.3, -0.25) is 4.79 Å². The van der Waals surface area contributed by atoms with Crippen LogP contribution in [0.1, 0.15) is 27.6 Å². The van der Waals surface area contributed by atoms with Gasteiger partial charge in [0.25, 0.3) is 5.91 Å². The van der Waals surface area contributed by atoms with Crippen molar-refractivity contribution in [2.75, 3.05) is 6.54 Å². The second kappa shape index (κ2) is 8.18. The summed E-state index contributed by atoms with van der Waals surface area (Å²) in [6, 6.07) is 13.9. The van der Waals surface area contributed by atoms with Crippen molar-refractivity contribution in [1.82, 2.24) is 15.3 Å². The monoisotopic (exact) mass is 387 g/mol. The van der Waals surface area contributed by atoms with Crippen LogP contribution in [0.15, 0.2) is 67.0 Å². The average molecular weight is 387 g/mol. The van der Waals surface area contributed by atoms with E-state index in [1.54, 1.807) is 0 Å². The summed E-state index contributed by atoms with van der Waals surface area (Å²) in [4.78, 5) is 20.4. The molecule has 0 bridgehead atoms. The summed E-state index contributed by atoms with van der Waals surface area (Å²) in [6.07, 6.45) is -3.46. The number of nitrogens with zero attached hydrogens (tertiary/aromatic N) is 2. The number of aliphatic hydroxyl groups excluding tert-OH is 1. The van der Waals surface area contributed by atoms with Gasteiger partial charge in [-0.15, -0.1) is 0 Å². The van der Waals surface area contributed by atoms with Crippen LogP contribution in [-0.2, 0) is 6.18 Å². The number of hydrogen-bond acceptors (Lipinski definition) is 4. The van der Waals surface area contributed by atoms with Crippen molar-refractivity contribution in [3.63, 3.8) is 0 Å². The molecule has 0 aliphatic carbocycles. The predicted molar refractivity (Wildman–Crippen MR) is 96.2 cm³/mol. The van der Waals surface area contributed by atoms with Crippen LogP contribution in [0.5, 0.6) is 0 Å². The van der Waals surface area contributed by atoms with Gasteiger partial charge in [-0.25, -0.2) is 9.97 Å². The Morgan fingerprint density at radius 3 is 2.25 bits per heavy atom. The van der Waals surface area contributed by atoms with Crippen LogP contribution < -0.4 is 5.32 Å². The molecular formula is C20H16F3N3O2. The van der Waals surface area contributed by atoms with Crippen LogP contribution in [0.25, 0.3) is 11.4 Å². The molecule has 1 heterocycles. The number of nitrogens with one attached hydrogen (secondary N) is 1. The lowest BCUT2D eigenvalue weighted by Gasteiger charge is -2.17. The SMILES string of the molecule is O=C(NCC(O)c1ccccc1C(F)(F)F)c1cnc(-c2ccccc2)nc1. The summed E-state index contributed by atoms with van der Waals surface area (Å²) in [5.41, 5.74) is -0.317. The minimum Gasteiger partial charge on any atom is -0.387 e. The first kappa shape index (κ1) is 19.5. The molecule has 0 aliphatic heterocycles. The molecule has 0 radical (unpaired) electrons. The Labute approximate surface area is 158 Å². The van der Waals surface area contributed by atoms with E-state index in [1.165, 1.54) is 30.6 Å². The second-order valence-corrected chi connectivity index (χ2v) is 5.97. The van der Waals surface area contributed by atoms with E-state index in [0.29, 0.717) is 5.82 Å². The Morgan fingerprint density at radius 2 is 1.61 bits per heavy atom. The quantitative estimate of drug-likeness (QED) is 0.701. The molecule has 8 heteroatoms. The zero-order valence-electron chi connectivity index (χ0n) is 14.5. The minimum absolute atomic E-state index is 0.135. The highest BCUT2D eigenvalue weighted by atomic mass is 19.4. The summed E-state index contributed by atoms with van der Waals surface area (Å²) < 4.78 is 39.1. The molecule has 144 valence electrons. The fourth-order valence-corrected chi connectivity index (χ4v) is 2.63. The van der Waals surface area contributed by atoms with Gasteiger partial charge in [0.1, 0.15) is 0 Å². The first-order valence-corrected chi connectivity index (χ1v) is 8.36.